The Labute approximate surface area is 120 Å². The van der Waals surface area contributed by atoms with Gasteiger partial charge in [-0.3, -0.25) is 0 Å². The molecule has 1 aromatic heterocycles. The predicted octanol–water partition coefficient (Wildman–Crippen LogP) is 2.84. The lowest BCUT2D eigenvalue weighted by Gasteiger charge is -2.53. The standard InChI is InChI=1S/C16H21N3O/c1-17-15-9-5-8-14(18-15)16(20-3)12-6-4-7-13(16)11-19(2)10-12/h5,8-9,12-13H,4,6-7,10-11H2,2-3H3. The van der Waals surface area contributed by atoms with Crippen molar-refractivity contribution >= 4 is 5.82 Å². The van der Waals surface area contributed by atoms with E-state index < -0.39 is 0 Å². The normalized spacial score (nSPS) is 33.6. The maximum atomic E-state index is 7.18. The van der Waals surface area contributed by atoms with Crippen LogP contribution in [0.1, 0.15) is 25.0 Å². The Morgan fingerprint density at radius 2 is 2.05 bits per heavy atom. The molecule has 1 aliphatic carbocycles. The largest absolute Gasteiger partial charge is 0.369 e. The van der Waals surface area contributed by atoms with Crippen LogP contribution < -0.4 is 0 Å². The molecule has 1 saturated carbocycles. The minimum absolute atomic E-state index is 0.300. The lowest BCUT2D eigenvalue weighted by molar-refractivity contribution is -0.168. The van der Waals surface area contributed by atoms with Crippen LogP contribution in [0.2, 0.25) is 0 Å². The van der Waals surface area contributed by atoms with Gasteiger partial charge in [0.2, 0.25) is 0 Å². The number of ether oxygens (including phenoxy) is 1. The Kier molecular flexibility index (Phi) is 3.49. The summed E-state index contributed by atoms with van der Waals surface area (Å²) in [5.41, 5.74) is 0.655. The molecule has 2 heterocycles. The van der Waals surface area contributed by atoms with Crippen molar-refractivity contribution in [2.75, 3.05) is 27.2 Å². The number of likely N-dealkylation sites (tertiary alicyclic amines) is 1. The van der Waals surface area contributed by atoms with Crippen molar-refractivity contribution in [3.63, 3.8) is 0 Å². The summed E-state index contributed by atoms with van der Waals surface area (Å²) in [5.74, 6) is 1.41. The highest BCUT2D eigenvalue weighted by Gasteiger charge is 2.55. The molecule has 4 nitrogen and oxygen atoms in total. The first-order valence-electron chi connectivity index (χ1n) is 7.29. The fourth-order valence-electron chi connectivity index (χ4n) is 4.21. The summed E-state index contributed by atoms with van der Waals surface area (Å²) in [4.78, 5) is 10.4. The molecule has 106 valence electrons. The number of nitrogens with zero attached hydrogens (tertiary/aromatic N) is 3. The molecule has 2 fully saturated rings. The maximum Gasteiger partial charge on any atom is 0.269 e. The minimum atomic E-state index is -0.300. The molecule has 20 heavy (non-hydrogen) atoms. The number of aromatic nitrogens is 1. The van der Waals surface area contributed by atoms with Gasteiger partial charge < -0.3 is 14.5 Å². The average Bonchev–Trinajstić information content (AvgIpc) is 2.46. The Bertz CT molecular complexity index is 523. The number of methoxy groups -OCH3 is 1. The Morgan fingerprint density at radius 3 is 2.65 bits per heavy atom. The third-order valence-electron chi connectivity index (χ3n) is 4.97. The van der Waals surface area contributed by atoms with Gasteiger partial charge >= 0.3 is 0 Å². The summed E-state index contributed by atoms with van der Waals surface area (Å²) in [6.07, 6.45) is 3.63. The van der Waals surface area contributed by atoms with Crippen LogP contribution in [0.15, 0.2) is 18.2 Å². The van der Waals surface area contributed by atoms with Gasteiger partial charge in [-0.1, -0.05) is 19.1 Å². The van der Waals surface area contributed by atoms with Crippen LogP contribution in [-0.4, -0.2) is 37.1 Å². The summed E-state index contributed by atoms with van der Waals surface area (Å²) in [6, 6.07) is 5.74. The van der Waals surface area contributed by atoms with Crippen LogP contribution >= 0.6 is 0 Å². The first-order valence-corrected chi connectivity index (χ1v) is 7.29. The van der Waals surface area contributed by atoms with Crippen molar-refractivity contribution in [1.82, 2.24) is 9.88 Å². The van der Waals surface area contributed by atoms with E-state index in [1.807, 2.05) is 19.2 Å². The molecular formula is C16H21N3O. The lowest BCUT2D eigenvalue weighted by Crippen LogP contribution is -2.58. The second-order valence-electron chi connectivity index (χ2n) is 6.04. The van der Waals surface area contributed by atoms with Gasteiger partial charge in [0, 0.05) is 32.0 Å². The second kappa shape index (κ2) is 5.16. The molecule has 0 aromatic carbocycles. The molecule has 0 radical (unpaired) electrons. The van der Waals surface area contributed by atoms with Crippen molar-refractivity contribution in [2.45, 2.75) is 24.9 Å². The number of rotatable bonds is 2. The van der Waals surface area contributed by atoms with E-state index in [2.05, 4.69) is 21.8 Å². The zero-order valence-corrected chi connectivity index (χ0v) is 12.2. The number of pyridine rings is 1. The van der Waals surface area contributed by atoms with Crippen LogP contribution in [0.4, 0.5) is 5.82 Å². The van der Waals surface area contributed by atoms with Crippen LogP contribution in [0.3, 0.4) is 0 Å². The van der Waals surface area contributed by atoms with Crippen molar-refractivity contribution < 1.29 is 4.74 Å². The molecule has 0 spiro atoms. The first kappa shape index (κ1) is 13.5. The highest BCUT2D eigenvalue weighted by atomic mass is 16.5. The van der Waals surface area contributed by atoms with Crippen LogP contribution in [0.5, 0.6) is 0 Å². The highest BCUT2D eigenvalue weighted by molar-refractivity contribution is 5.38. The van der Waals surface area contributed by atoms with Crippen molar-refractivity contribution in [2.24, 2.45) is 11.8 Å². The van der Waals surface area contributed by atoms with Gasteiger partial charge in [0.05, 0.1) is 0 Å². The van der Waals surface area contributed by atoms with Crippen LogP contribution in [0, 0.1) is 18.4 Å². The molecule has 1 aromatic rings. The molecule has 3 rings (SSSR count). The van der Waals surface area contributed by atoms with E-state index in [9.17, 15) is 0 Å². The van der Waals surface area contributed by atoms with Gasteiger partial charge in [0.1, 0.15) is 5.60 Å². The summed E-state index contributed by atoms with van der Waals surface area (Å²) < 4.78 is 6.09. The second-order valence-corrected chi connectivity index (χ2v) is 6.04. The van der Waals surface area contributed by atoms with Crippen molar-refractivity contribution in [3.8, 4) is 0 Å². The lowest BCUT2D eigenvalue weighted by atomic mass is 9.63. The molecule has 0 amide bonds. The molecule has 0 N–H and O–H groups in total. The van der Waals surface area contributed by atoms with Crippen LogP contribution in [-0.2, 0) is 10.3 Å². The first-order chi connectivity index (χ1) is 9.70. The number of hydrogen-bond acceptors (Lipinski definition) is 3. The van der Waals surface area contributed by atoms with E-state index in [4.69, 9.17) is 11.3 Å². The molecule has 2 atom stereocenters. The quantitative estimate of drug-likeness (QED) is 0.775. The third kappa shape index (κ3) is 1.93. The van der Waals surface area contributed by atoms with Gasteiger partial charge in [0.15, 0.2) is 5.69 Å². The number of piperidine rings is 1. The predicted molar refractivity (Wildman–Crippen MR) is 77.5 cm³/mol. The Balaban J connectivity index is 2.08. The highest BCUT2D eigenvalue weighted by Crippen LogP contribution is 2.50. The number of hydrogen-bond donors (Lipinski definition) is 0. The minimum Gasteiger partial charge on any atom is -0.369 e. The van der Waals surface area contributed by atoms with E-state index in [0.29, 0.717) is 17.7 Å². The van der Waals surface area contributed by atoms with E-state index >= 15 is 0 Å². The van der Waals surface area contributed by atoms with Crippen LogP contribution in [0.25, 0.3) is 4.85 Å². The molecule has 1 saturated heterocycles. The smallest absolute Gasteiger partial charge is 0.269 e. The SMILES string of the molecule is [C-]#[N+]c1cccc(C2(OC)C3CCCC2CN(C)C3)n1. The molecule has 2 bridgehead atoms. The Hall–Kier alpha value is -1.44. The van der Waals surface area contributed by atoms with E-state index in [1.54, 1.807) is 6.07 Å². The fraction of sp³-hybridized carbons (Fsp3) is 0.625. The van der Waals surface area contributed by atoms with Gasteiger partial charge in [-0.2, -0.15) is 0 Å². The van der Waals surface area contributed by atoms with Gasteiger partial charge in [-0.25, -0.2) is 0 Å². The van der Waals surface area contributed by atoms with E-state index in [0.717, 1.165) is 18.8 Å². The molecule has 2 unspecified atom stereocenters. The fourth-order valence-corrected chi connectivity index (χ4v) is 4.21. The summed E-state index contributed by atoms with van der Waals surface area (Å²) in [7, 11) is 4.00. The zero-order valence-electron chi connectivity index (χ0n) is 12.2. The zero-order chi connectivity index (χ0) is 14.2. The van der Waals surface area contributed by atoms with E-state index in [-0.39, 0.29) is 5.60 Å². The average molecular weight is 271 g/mol. The topological polar surface area (TPSA) is 29.7 Å². The van der Waals surface area contributed by atoms with Gasteiger partial charge in [0.25, 0.3) is 5.82 Å². The van der Waals surface area contributed by atoms with Crippen molar-refractivity contribution in [1.29, 1.82) is 0 Å². The third-order valence-corrected chi connectivity index (χ3v) is 4.97. The summed E-state index contributed by atoms with van der Waals surface area (Å²) >= 11 is 0. The molecule has 1 aliphatic heterocycles. The summed E-state index contributed by atoms with van der Waals surface area (Å²) in [6.45, 7) is 9.28. The molecule has 2 aliphatic rings. The summed E-state index contributed by atoms with van der Waals surface area (Å²) in [5, 5.41) is 0. The monoisotopic (exact) mass is 271 g/mol. The van der Waals surface area contributed by atoms with E-state index in [1.165, 1.54) is 19.3 Å². The Morgan fingerprint density at radius 1 is 1.35 bits per heavy atom. The molecule has 4 heteroatoms. The van der Waals surface area contributed by atoms with Gasteiger partial charge in [-0.15, -0.1) is 4.98 Å². The number of fused-ring (bicyclic) bond motifs is 2. The van der Waals surface area contributed by atoms with Crippen molar-refractivity contribution in [3.05, 3.63) is 35.3 Å². The molecular weight excluding hydrogens is 250 g/mol. The van der Waals surface area contributed by atoms with Gasteiger partial charge in [-0.05, 0) is 32.0 Å². The maximum absolute atomic E-state index is 7.18.